The number of rotatable bonds is 6. The van der Waals surface area contributed by atoms with Crippen molar-refractivity contribution in [2.75, 3.05) is 21.1 Å². The lowest BCUT2D eigenvalue weighted by Gasteiger charge is -1.91. The molecule has 0 rings (SSSR count). The van der Waals surface area contributed by atoms with E-state index >= 15 is 0 Å². The van der Waals surface area contributed by atoms with E-state index in [9.17, 15) is 0 Å². The Morgan fingerprint density at radius 1 is 0.414 bits per heavy atom. The Kier molecular flexibility index (Phi) is 152. The first-order valence-electron chi connectivity index (χ1n) is 9.65. The fourth-order valence-electron chi connectivity index (χ4n) is 1.73. The van der Waals surface area contributed by atoms with Crippen molar-refractivity contribution in [3.8, 4) is 0 Å². The molecule has 0 fully saturated rings. The molecule has 0 bridgehead atoms. The first-order chi connectivity index (χ1) is 10.0. The molecule has 0 aromatic rings. The van der Waals surface area contributed by atoms with E-state index in [-0.39, 0.29) is 52.0 Å². The highest BCUT2D eigenvalue weighted by molar-refractivity contribution is 6.56. The smallest absolute Gasteiger partial charge is 0.133 e. The van der Waals surface area contributed by atoms with Crippen LogP contribution in [0.3, 0.4) is 0 Å². The summed E-state index contributed by atoms with van der Waals surface area (Å²) in [6.45, 7) is 22.9. The molecule has 190 valence electrons. The van der Waals surface area contributed by atoms with Crippen LogP contribution in [-0.4, -0.2) is 46.2 Å². The zero-order valence-corrected chi connectivity index (χ0v) is 18.4. The summed E-state index contributed by atoms with van der Waals surface area (Å²) < 4.78 is 0. The van der Waals surface area contributed by atoms with Gasteiger partial charge in [-0.15, -0.1) is 0 Å². The highest BCUT2D eigenvalue weighted by Gasteiger charge is 1.92. The van der Waals surface area contributed by atoms with Crippen molar-refractivity contribution >= 4 is 20.1 Å². The largest absolute Gasteiger partial charge is 0.312 e. The zero-order chi connectivity index (χ0) is 18.6. The lowest BCUT2D eigenvalue weighted by molar-refractivity contribution is 0.505. The van der Waals surface area contributed by atoms with Crippen LogP contribution in [0.15, 0.2) is 0 Å². The van der Waals surface area contributed by atoms with Crippen molar-refractivity contribution in [3.63, 3.8) is 0 Å². The van der Waals surface area contributed by atoms with Crippen molar-refractivity contribution in [2.24, 2.45) is 0 Å². The monoisotopic (exact) mass is 424 g/mol. The van der Waals surface area contributed by atoms with Crippen LogP contribution in [0.5, 0.6) is 0 Å². The van der Waals surface area contributed by atoms with Crippen molar-refractivity contribution in [2.45, 2.75) is 152 Å². The second kappa shape index (κ2) is 63.0. The number of hydrogen-bond acceptors (Lipinski definition) is 1. The summed E-state index contributed by atoms with van der Waals surface area (Å²) in [5, 5.41) is 0. The SMILES string of the molecule is C.C.C.C.C.C.C.CCCB(C)C.CCCB(C)C.CCCB(C)C.CN(C)C. The van der Waals surface area contributed by atoms with Gasteiger partial charge in [0.15, 0.2) is 0 Å². The van der Waals surface area contributed by atoms with Gasteiger partial charge in [0.1, 0.15) is 20.1 Å². The molecule has 0 aliphatic heterocycles. The van der Waals surface area contributed by atoms with Gasteiger partial charge in [-0.25, -0.2) is 0 Å². The van der Waals surface area contributed by atoms with Gasteiger partial charge in [-0.05, 0) is 21.1 Å². The Labute approximate surface area is 198 Å². The van der Waals surface area contributed by atoms with Crippen LogP contribution >= 0.6 is 0 Å². The van der Waals surface area contributed by atoms with Crippen molar-refractivity contribution in [3.05, 3.63) is 0 Å². The second-order valence-corrected chi connectivity index (χ2v) is 7.89. The van der Waals surface area contributed by atoms with Crippen LogP contribution in [0.4, 0.5) is 0 Å². The van der Waals surface area contributed by atoms with Gasteiger partial charge in [0.05, 0.1) is 0 Å². The van der Waals surface area contributed by atoms with E-state index < -0.39 is 0 Å². The van der Waals surface area contributed by atoms with Gasteiger partial charge < -0.3 is 4.90 Å². The third-order valence-corrected chi connectivity index (χ3v) is 2.60. The normalized spacial score (nSPS) is 6.52. The molecular weight excluding hydrogens is 347 g/mol. The molecule has 0 N–H and O–H groups in total. The molecule has 0 saturated carbocycles. The van der Waals surface area contributed by atoms with Crippen LogP contribution in [0.25, 0.3) is 0 Å². The summed E-state index contributed by atoms with van der Waals surface area (Å²) in [4.78, 5) is 2.00. The molecule has 0 unspecified atom stereocenters. The molecule has 29 heavy (non-hydrogen) atoms. The molecule has 4 heteroatoms. The fourth-order valence-corrected chi connectivity index (χ4v) is 1.73. The van der Waals surface area contributed by atoms with Gasteiger partial charge in [0, 0.05) is 0 Å². The number of hydrogen-bond donors (Lipinski definition) is 0. The van der Waals surface area contributed by atoms with E-state index in [2.05, 4.69) is 61.7 Å². The predicted octanol–water partition coefficient (Wildman–Crippen LogP) is 11.1. The third-order valence-electron chi connectivity index (χ3n) is 2.60. The lowest BCUT2D eigenvalue weighted by atomic mass is 9.52. The Morgan fingerprint density at radius 3 is 0.517 bits per heavy atom. The topological polar surface area (TPSA) is 3.24 Å². The van der Waals surface area contributed by atoms with Crippen molar-refractivity contribution in [1.82, 2.24) is 4.90 Å². The molecule has 0 aromatic heterocycles. The van der Waals surface area contributed by atoms with Gasteiger partial charge in [0.2, 0.25) is 0 Å². The zero-order valence-electron chi connectivity index (χ0n) is 18.4. The van der Waals surface area contributed by atoms with Crippen LogP contribution in [0.2, 0.25) is 59.9 Å². The minimum Gasteiger partial charge on any atom is -0.312 e. The highest BCUT2D eigenvalue weighted by atomic mass is 15.0. The standard InChI is InChI=1S/3C5H13B.C3H9N.7CH4/c3*1-4-5-6(2)3;1-4(2)3;;;;;;;/h3*4-5H2,1-3H3;1-3H3;7*1H4. The average Bonchev–Trinajstić information content (AvgIpc) is 2.28. The molecule has 0 amide bonds. The molecule has 1 nitrogen and oxygen atoms in total. The van der Waals surface area contributed by atoms with Gasteiger partial charge in [-0.1, -0.05) is 152 Å². The van der Waals surface area contributed by atoms with Gasteiger partial charge >= 0.3 is 0 Å². The van der Waals surface area contributed by atoms with E-state index in [1.807, 2.05) is 26.0 Å². The second-order valence-electron chi connectivity index (χ2n) is 7.89. The van der Waals surface area contributed by atoms with E-state index in [1.54, 1.807) is 0 Å². The minimum atomic E-state index is 0. The first-order valence-corrected chi connectivity index (χ1v) is 9.65. The summed E-state index contributed by atoms with van der Waals surface area (Å²) in [6, 6.07) is 0. The quantitative estimate of drug-likeness (QED) is 0.384. The number of nitrogens with zero attached hydrogens (tertiary/aromatic N) is 1. The Bertz CT molecular complexity index is 136. The molecular formula is C25H76B3N. The highest BCUT2D eigenvalue weighted by Crippen LogP contribution is 1.94. The summed E-state index contributed by atoms with van der Waals surface area (Å²) in [5.74, 6) is 0. The summed E-state index contributed by atoms with van der Waals surface area (Å²) >= 11 is 0. The molecule has 0 radical (unpaired) electrons. The lowest BCUT2D eigenvalue weighted by Crippen LogP contribution is -1.99. The van der Waals surface area contributed by atoms with E-state index in [1.165, 1.54) is 38.2 Å². The summed E-state index contributed by atoms with van der Waals surface area (Å²) in [5.41, 5.74) is 0. The van der Waals surface area contributed by atoms with Gasteiger partial charge in [-0.2, -0.15) is 0 Å². The van der Waals surface area contributed by atoms with Crippen LogP contribution in [0.1, 0.15) is 92.0 Å². The van der Waals surface area contributed by atoms with Gasteiger partial charge in [0.25, 0.3) is 0 Å². The van der Waals surface area contributed by atoms with Crippen molar-refractivity contribution < 1.29 is 0 Å². The van der Waals surface area contributed by atoms with Crippen LogP contribution < -0.4 is 0 Å². The summed E-state index contributed by atoms with van der Waals surface area (Å²) in [7, 11) is 6.00. The Morgan fingerprint density at radius 2 is 0.517 bits per heavy atom. The molecule has 0 aromatic carbocycles. The maximum absolute atomic E-state index is 2.25. The molecule has 0 saturated heterocycles. The first kappa shape index (κ1) is 70.1. The maximum Gasteiger partial charge on any atom is 0.133 e. The van der Waals surface area contributed by atoms with Gasteiger partial charge in [-0.3, -0.25) is 0 Å². The third kappa shape index (κ3) is 230. The van der Waals surface area contributed by atoms with Crippen LogP contribution in [-0.2, 0) is 0 Å². The summed E-state index contributed by atoms with van der Waals surface area (Å²) in [6.07, 6.45) is 8.12. The fraction of sp³-hybridized carbons (Fsp3) is 1.00. The van der Waals surface area contributed by atoms with E-state index in [4.69, 9.17) is 0 Å². The Hall–Kier alpha value is 0.155. The molecule has 0 aliphatic rings. The maximum atomic E-state index is 2.25. The van der Waals surface area contributed by atoms with Crippen LogP contribution in [0, 0.1) is 0 Å². The molecule has 0 atom stereocenters. The van der Waals surface area contributed by atoms with E-state index in [0.29, 0.717) is 0 Å². The molecule has 0 heterocycles. The minimum absolute atomic E-state index is 0. The Balaban J connectivity index is -0.0000000154. The van der Waals surface area contributed by atoms with Crippen molar-refractivity contribution in [1.29, 1.82) is 0 Å². The average molecular weight is 423 g/mol. The molecule has 0 aliphatic carbocycles. The van der Waals surface area contributed by atoms with E-state index in [0.717, 1.165) is 20.1 Å². The predicted molar refractivity (Wildman–Crippen MR) is 164 cm³/mol. The molecule has 0 spiro atoms.